The molecule has 1 aromatic rings. The molecule has 0 aromatic heterocycles. The van der Waals surface area contributed by atoms with E-state index in [4.69, 9.17) is 0 Å². The molecule has 8 nitrogen and oxygen atoms in total. The van der Waals surface area contributed by atoms with Gasteiger partial charge in [0.1, 0.15) is 0 Å². The Morgan fingerprint density at radius 1 is 1.39 bits per heavy atom. The van der Waals surface area contributed by atoms with E-state index in [0.717, 1.165) is 4.31 Å². The highest BCUT2D eigenvalue weighted by Crippen LogP contribution is 2.21. The van der Waals surface area contributed by atoms with Crippen LogP contribution in [-0.2, 0) is 21.5 Å². The molecule has 96 valence electrons. The number of carbonyl (C=O) groups excluding carboxylic acids is 1. The third kappa shape index (κ3) is 2.31. The minimum Gasteiger partial charge on any atom is -0.272 e. The van der Waals surface area contributed by atoms with Crippen molar-refractivity contribution in [3.63, 3.8) is 0 Å². The van der Waals surface area contributed by atoms with Crippen molar-refractivity contribution in [1.29, 1.82) is 0 Å². The maximum Gasteiger partial charge on any atom is 0.304 e. The van der Waals surface area contributed by atoms with E-state index in [-0.39, 0.29) is 24.3 Å². The first-order valence-corrected chi connectivity index (χ1v) is 6.37. The minimum atomic E-state index is -3.87. The molecule has 0 spiro atoms. The van der Waals surface area contributed by atoms with Crippen LogP contribution in [0.15, 0.2) is 24.3 Å². The van der Waals surface area contributed by atoms with E-state index in [2.05, 4.69) is 0 Å². The standard InChI is InChI=1S/C9H9N3O5S/c13-9-6-11(18(16,17)10-9)5-7-3-1-2-4-8(7)12(14)15/h1-4H,5-6H2,(H,10,13). The van der Waals surface area contributed by atoms with Gasteiger partial charge in [-0.15, -0.1) is 0 Å². The fourth-order valence-electron chi connectivity index (χ4n) is 1.64. The molecule has 18 heavy (non-hydrogen) atoms. The smallest absolute Gasteiger partial charge is 0.272 e. The first-order valence-electron chi connectivity index (χ1n) is 4.93. The van der Waals surface area contributed by atoms with Crippen LogP contribution >= 0.6 is 0 Å². The molecule has 1 fully saturated rings. The highest BCUT2D eigenvalue weighted by atomic mass is 32.2. The molecule has 0 radical (unpaired) electrons. The van der Waals surface area contributed by atoms with Gasteiger partial charge in [0.25, 0.3) is 5.69 Å². The maximum absolute atomic E-state index is 11.5. The second-order valence-corrected chi connectivity index (χ2v) is 5.35. The third-order valence-corrected chi connectivity index (χ3v) is 3.86. The predicted octanol–water partition coefficient (Wildman–Crippen LogP) is -0.229. The molecule has 1 amide bonds. The molecule has 1 heterocycles. The third-order valence-electron chi connectivity index (χ3n) is 2.44. The predicted molar refractivity (Wildman–Crippen MR) is 60.6 cm³/mol. The van der Waals surface area contributed by atoms with Gasteiger partial charge >= 0.3 is 10.2 Å². The van der Waals surface area contributed by atoms with Crippen LogP contribution in [0, 0.1) is 10.1 Å². The number of benzene rings is 1. The summed E-state index contributed by atoms with van der Waals surface area (Å²) in [7, 11) is -3.87. The van der Waals surface area contributed by atoms with Gasteiger partial charge in [-0.05, 0) is 0 Å². The number of nitro benzene ring substituents is 1. The molecule has 1 aliphatic rings. The first-order chi connectivity index (χ1) is 8.40. The van der Waals surface area contributed by atoms with Crippen molar-refractivity contribution >= 4 is 21.8 Å². The van der Waals surface area contributed by atoms with Crippen molar-refractivity contribution in [3.8, 4) is 0 Å². The number of nitrogens with zero attached hydrogens (tertiary/aromatic N) is 2. The van der Waals surface area contributed by atoms with Crippen LogP contribution in [0.5, 0.6) is 0 Å². The van der Waals surface area contributed by atoms with Crippen molar-refractivity contribution in [2.45, 2.75) is 6.54 Å². The number of nitrogens with one attached hydrogen (secondary N) is 1. The summed E-state index contributed by atoms with van der Waals surface area (Å²) in [5, 5.41) is 10.8. The maximum atomic E-state index is 11.5. The van der Waals surface area contributed by atoms with Gasteiger partial charge in [0.15, 0.2) is 0 Å². The highest BCUT2D eigenvalue weighted by Gasteiger charge is 2.34. The zero-order valence-electron chi connectivity index (χ0n) is 9.07. The van der Waals surface area contributed by atoms with E-state index in [0.29, 0.717) is 0 Å². The quantitative estimate of drug-likeness (QED) is 0.603. The Morgan fingerprint density at radius 2 is 2.06 bits per heavy atom. The Kier molecular flexibility index (Phi) is 3.01. The van der Waals surface area contributed by atoms with E-state index < -0.39 is 21.0 Å². The summed E-state index contributed by atoms with van der Waals surface area (Å²) in [6.45, 7) is -0.535. The van der Waals surface area contributed by atoms with E-state index in [1.165, 1.54) is 18.2 Å². The molecule has 0 atom stereocenters. The van der Waals surface area contributed by atoms with Crippen LogP contribution in [0.25, 0.3) is 0 Å². The number of carbonyl (C=O) groups is 1. The van der Waals surface area contributed by atoms with Gasteiger partial charge in [-0.1, -0.05) is 18.2 Å². The lowest BCUT2D eigenvalue weighted by Gasteiger charge is -2.11. The van der Waals surface area contributed by atoms with Crippen LogP contribution in [0.4, 0.5) is 5.69 Å². The van der Waals surface area contributed by atoms with Crippen LogP contribution in [0.2, 0.25) is 0 Å². The van der Waals surface area contributed by atoms with Crippen LogP contribution < -0.4 is 4.72 Å². The van der Waals surface area contributed by atoms with Crippen molar-refractivity contribution in [2.24, 2.45) is 0 Å². The van der Waals surface area contributed by atoms with Gasteiger partial charge in [0, 0.05) is 18.2 Å². The van der Waals surface area contributed by atoms with E-state index >= 15 is 0 Å². The first kappa shape index (κ1) is 12.5. The van der Waals surface area contributed by atoms with Crippen LogP contribution in [0.1, 0.15) is 5.56 Å². The molecule has 1 saturated heterocycles. The van der Waals surface area contributed by atoms with Gasteiger partial charge in [-0.2, -0.15) is 12.7 Å². The fraction of sp³-hybridized carbons (Fsp3) is 0.222. The molecule has 9 heteroatoms. The molecule has 0 saturated carbocycles. The Bertz CT molecular complexity index is 612. The number of amides is 1. The van der Waals surface area contributed by atoms with Crippen molar-refractivity contribution in [3.05, 3.63) is 39.9 Å². The normalized spacial score (nSPS) is 18.6. The number of hydrogen-bond donors (Lipinski definition) is 1. The summed E-state index contributed by atoms with van der Waals surface area (Å²) < 4.78 is 25.6. The summed E-state index contributed by atoms with van der Waals surface area (Å²) in [6, 6.07) is 5.80. The van der Waals surface area contributed by atoms with Crippen molar-refractivity contribution in [2.75, 3.05) is 6.54 Å². The zero-order chi connectivity index (χ0) is 13.3. The number of para-hydroxylation sites is 1. The number of rotatable bonds is 3. The Balaban J connectivity index is 2.30. The Morgan fingerprint density at radius 3 is 2.61 bits per heavy atom. The van der Waals surface area contributed by atoms with Gasteiger partial charge in [0.2, 0.25) is 5.91 Å². The summed E-state index contributed by atoms with van der Waals surface area (Å²) >= 11 is 0. The second-order valence-electron chi connectivity index (χ2n) is 3.68. The molecule has 1 N–H and O–H groups in total. The molecule has 1 aromatic carbocycles. The average Bonchev–Trinajstić information content (AvgIpc) is 2.52. The topological polar surface area (TPSA) is 110 Å². The zero-order valence-corrected chi connectivity index (χ0v) is 9.88. The minimum absolute atomic E-state index is 0.174. The lowest BCUT2D eigenvalue weighted by Crippen LogP contribution is -2.29. The molecule has 2 rings (SSSR count). The van der Waals surface area contributed by atoms with E-state index in [1.54, 1.807) is 10.8 Å². The Labute approximate surface area is 103 Å². The summed E-state index contributed by atoms with van der Waals surface area (Å²) in [4.78, 5) is 21.2. The van der Waals surface area contributed by atoms with Crippen LogP contribution in [0.3, 0.4) is 0 Å². The van der Waals surface area contributed by atoms with Gasteiger partial charge in [-0.25, -0.2) is 4.72 Å². The van der Waals surface area contributed by atoms with E-state index in [9.17, 15) is 23.3 Å². The Hall–Kier alpha value is -2.00. The van der Waals surface area contributed by atoms with Crippen molar-refractivity contribution in [1.82, 2.24) is 9.03 Å². The van der Waals surface area contributed by atoms with Gasteiger partial charge in [-0.3, -0.25) is 14.9 Å². The van der Waals surface area contributed by atoms with Gasteiger partial charge < -0.3 is 0 Å². The summed E-state index contributed by atoms with van der Waals surface area (Å²) in [5.74, 6) is -0.645. The lowest BCUT2D eigenvalue weighted by molar-refractivity contribution is -0.385. The largest absolute Gasteiger partial charge is 0.304 e. The molecular formula is C9H9N3O5S. The lowest BCUT2D eigenvalue weighted by atomic mass is 10.2. The molecule has 0 unspecified atom stereocenters. The average molecular weight is 271 g/mol. The highest BCUT2D eigenvalue weighted by molar-refractivity contribution is 7.88. The van der Waals surface area contributed by atoms with Crippen LogP contribution in [-0.4, -0.2) is 30.1 Å². The van der Waals surface area contributed by atoms with E-state index in [1.807, 2.05) is 0 Å². The molecule has 0 bridgehead atoms. The summed E-state index contributed by atoms with van der Waals surface area (Å²) in [6.07, 6.45) is 0. The number of hydrogen-bond acceptors (Lipinski definition) is 5. The van der Waals surface area contributed by atoms with Gasteiger partial charge in [0.05, 0.1) is 11.5 Å². The number of nitro groups is 1. The van der Waals surface area contributed by atoms with Crippen molar-refractivity contribution < 1.29 is 18.1 Å². The molecular weight excluding hydrogens is 262 g/mol. The SMILES string of the molecule is O=C1CN(Cc2ccccc2[N+](=O)[O-])S(=O)(=O)N1. The molecule has 0 aliphatic carbocycles. The molecule has 1 aliphatic heterocycles. The summed E-state index contributed by atoms with van der Waals surface area (Å²) in [5.41, 5.74) is 0.0645. The second kappa shape index (κ2) is 4.35. The monoisotopic (exact) mass is 271 g/mol. The fourth-order valence-corrected chi connectivity index (χ4v) is 2.72.